The molecule has 0 aromatic heterocycles. The monoisotopic (exact) mass is 269 g/mol. The van der Waals surface area contributed by atoms with Crippen LogP contribution in [-0.4, -0.2) is 29.7 Å². The molecule has 82 valence electrons. The second-order valence-corrected chi connectivity index (χ2v) is 4.84. The van der Waals surface area contributed by atoms with Crippen LogP contribution in [0.25, 0.3) is 0 Å². The van der Waals surface area contributed by atoms with E-state index in [9.17, 15) is 0 Å². The lowest BCUT2D eigenvalue weighted by molar-refractivity contribution is 0.212. The molecule has 0 bridgehead atoms. The first kappa shape index (κ1) is 11.1. The quantitative estimate of drug-likeness (QED) is 0.910. The van der Waals surface area contributed by atoms with Crippen LogP contribution in [0.2, 0.25) is 0 Å². The van der Waals surface area contributed by atoms with Crippen LogP contribution in [0.3, 0.4) is 0 Å². The van der Waals surface area contributed by atoms with Crippen molar-refractivity contribution >= 4 is 15.9 Å². The van der Waals surface area contributed by atoms with Crippen molar-refractivity contribution in [3.8, 4) is 0 Å². The zero-order valence-electron chi connectivity index (χ0n) is 8.75. The summed E-state index contributed by atoms with van der Waals surface area (Å²) in [6.07, 6.45) is 2.00. The lowest BCUT2D eigenvalue weighted by Crippen LogP contribution is -2.31. The lowest BCUT2D eigenvalue weighted by atomic mass is 10.00. The maximum atomic E-state index is 8.81. The predicted molar refractivity (Wildman–Crippen MR) is 64.8 cm³/mol. The van der Waals surface area contributed by atoms with Gasteiger partial charge < -0.3 is 5.11 Å². The van der Waals surface area contributed by atoms with Gasteiger partial charge >= 0.3 is 0 Å². The van der Waals surface area contributed by atoms with Crippen molar-refractivity contribution in [1.29, 1.82) is 0 Å². The number of halogens is 1. The van der Waals surface area contributed by atoms with Gasteiger partial charge in [-0.3, -0.25) is 4.90 Å². The number of hydrogen-bond acceptors (Lipinski definition) is 2. The molecule has 0 atom stereocenters. The Hall–Kier alpha value is -0.380. The summed E-state index contributed by atoms with van der Waals surface area (Å²) < 4.78 is 1.22. The Morgan fingerprint density at radius 3 is 3.07 bits per heavy atom. The van der Waals surface area contributed by atoms with Crippen LogP contribution in [0, 0.1) is 0 Å². The van der Waals surface area contributed by atoms with E-state index in [0.717, 1.165) is 32.5 Å². The molecule has 0 aliphatic carbocycles. The molecular formula is C12H16BrNO. The molecule has 0 spiro atoms. The third-order valence-corrected chi connectivity index (χ3v) is 3.67. The molecule has 1 aliphatic heterocycles. The standard InChI is InChI=1S/C12H16BrNO/c13-12-4-1-3-10-5-7-14(6-2-8-15)9-11(10)12/h1,3-4,15H,2,5-9H2. The fourth-order valence-electron chi connectivity index (χ4n) is 2.08. The highest BCUT2D eigenvalue weighted by atomic mass is 79.9. The first-order valence-corrected chi connectivity index (χ1v) is 6.20. The molecule has 1 N–H and O–H groups in total. The normalized spacial score (nSPS) is 16.4. The highest BCUT2D eigenvalue weighted by Crippen LogP contribution is 2.26. The summed E-state index contributed by atoms with van der Waals surface area (Å²) in [5.74, 6) is 0. The summed E-state index contributed by atoms with van der Waals surface area (Å²) in [5.41, 5.74) is 2.88. The number of benzene rings is 1. The molecule has 0 amide bonds. The Morgan fingerprint density at radius 2 is 2.27 bits per heavy atom. The molecule has 2 nitrogen and oxygen atoms in total. The number of rotatable bonds is 3. The van der Waals surface area contributed by atoms with E-state index in [-0.39, 0.29) is 0 Å². The number of fused-ring (bicyclic) bond motifs is 1. The van der Waals surface area contributed by atoms with Crippen LogP contribution in [0.15, 0.2) is 22.7 Å². The van der Waals surface area contributed by atoms with E-state index in [1.165, 1.54) is 15.6 Å². The third kappa shape index (κ3) is 2.60. The molecule has 1 heterocycles. The summed E-state index contributed by atoms with van der Waals surface area (Å²) in [4.78, 5) is 2.41. The molecule has 15 heavy (non-hydrogen) atoms. The third-order valence-electron chi connectivity index (χ3n) is 2.93. The molecule has 2 rings (SSSR count). The van der Waals surface area contributed by atoms with E-state index in [4.69, 9.17) is 5.11 Å². The summed E-state index contributed by atoms with van der Waals surface area (Å²) in [7, 11) is 0. The highest BCUT2D eigenvalue weighted by molar-refractivity contribution is 9.10. The Kier molecular flexibility index (Phi) is 3.78. The largest absolute Gasteiger partial charge is 0.396 e. The van der Waals surface area contributed by atoms with Crippen LogP contribution < -0.4 is 0 Å². The summed E-state index contributed by atoms with van der Waals surface area (Å²) in [6.45, 7) is 3.41. The Morgan fingerprint density at radius 1 is 1.40 bits per heavy atom. The number of nitrogens with zero attached hydrogens (tertiary/aromatic N) is 1. The van der Waals surface area contributed by atoms with Crippen LogP contribution in [-0.2, 0) is 13.0 Å². The van der Waals surface area contributed by atoms with Crippen molar-refractivity contribution < 1.29 is 5.11 Å². The molecular weight excluding hydrogens is 254 g/mol. The van der Waals surface area contributed by atoms with Gasteiger partial charge in [-0.05, 0) is 30.0 Å². The molecule has 1 aromatic carbocycles. The average Bonchev–Trinajstić information content (AvgIpc) is 2.27. The van der Waals surface area contributed by atoms with Gasteiger partial charge in [0.1, 0.15) is 0 Å². The van der Waals surface area contributed by atoms with Crippen molar-refractivity contribution in [3.63, 3.8) is 0 Å². The van der Waals surface area contributed by atoms with E-state index in [2.05, 4.69) is 39.0 Å². The van der Waals surface area contributed by atoms with Gasteiger partial charge in [0.25, 0.3) is 0 Å². The maximum Gasteiger partial charge on any atom is 0.0443 e. The molecule has 1 aliphatic rings. The minimum Gasteiger partial charge on any atom is -0.396 e. The number of aliphatic hydroxyl groups is 1. The fraction of sp³-hybridized carbons (Fsp3) is 0.500. The van der Waals surface area contributed by atoms with Crippen molar-refractivity contribution in [2.24, 2.45) is 0 Å². The molecule has 0 saturated heterocycles. The second-order valence-electron chi connectivity index (χ2n) is 3.98. The average molecular weight is 270 g/mol. The van der Waals surface area contributed by atoms with Crippen molar-refractivity contribution in [1.82, 2.24) is 4.90 Å². The van der Waals surface area contributed by atoms with E-state index in [1.807, 2.05) is 0 Å². The zero-order valence-corrected chi connectivity index (χ0v) is 10.3. The van der Waals surface area contributed by atoms with E-state index in [1.54, 1.807) is 0 Å². The predicted octanol–water partition coefficient (Wildman–Crippen LogP) is 2.19. The molecule has 0 fully saturated rings. The first-order chi connectivity index (χ1) is 7.31. The van der Waals surface area contributed by atoms with Crippen LogP contribution in [0.5, 0.6) is 0 Å². The van der Waals surface area contributed by atoms with Gasteiger partial charge in [0.15, 0.2) is 0 Å². The Labute approximate surface area is 99.0 Å². The topological polar surface area (TPSA) is 23.5 Å². The van der Waals surface area contributed by atoms with E-state index < -0.39 is 0 Å². The number of aliphatic hydroxyl groups excluding tert-OH is 1. The Balaban J connectivity index is 2.08. The minimum atomic E-state index is 0.291. The molecule has 0 radical (unpaired) electrons. The van der Waals surface area contributed by atoms with Crippen molar-refractivity contribution in [2.45, 2.75) is 19.4 Å². The fourth-order valence-corrected chi connectivity index (χ4v) is 2.61. The van der Waals surface area contributed by atoms with Gasteiger partial charge in [0, 0.05) is 30.7 Å². The van der Waals surface area contributed by atoms with Gasteiger partial charge in [0.05, 0.1) is 0 Å². The van der Waals surface area contributed by atoms with Crippen molar-refractivity contribution in [2.75, 3.05) is 19.7 Å². The Bertz CT molecular complexity index is 340. The smallest absolute Gasteiger partial charge is 0.0443 e. The molecule has 0 unspecified atom stereocenters. The minimum absolute atomic E-state index is 0.291. The summed E-state index contributed by atoms with van der Waals surface area (Å²) >= 11 is 3.60. The second kappa shape index (κ2) is 5.10. The lowest BCUT2D eigenvalue weighted by Gasteiger charge is -2.29. The van der Waals surface area contributed by atoms with Gasteiger partial charge in [0.2, 0.25) is 0 Å². The van der Waals surface area contributed by atoms with E-state index in [0.29, 0.717) is 6.61 Å². The van der Waals surface area contributed by atoms with Gasteiger partial charge in [-0.25, -0.2) is 0 Å². The zero-order chi connectivity index (χ0) is 10.7. The molecule has 3 heteroatoms. The van der Waals surface area contributed by atoms with Crippen LogP contribution >= 0.6 is 15.9 Å². The van der Waals surface area contributed by atoms with Crippen molar-refractivity contribution in [3.05, 3.63) is 33.8 Å². The van der Waals surface area contributed by atoms with Gasteiger partial charge in [-0.15, -0.1) is 0 Å². The van der Waals surface area contributed by atoms with Crippen LogP contribution in [0.4, 0.5) is 0 Å². The number of hydrogen-bond donors (Lipinski definition) is 1. The SMILES string of the molecule is OCCCN1CCc2cccc(Br)c2C1. The van der Waals surface area contributed by atoms with Crippen LogP contribution in [0.1, 0.15) is 17.5 Å². The van der Waals surface area contributed by atoms with E-state index >= 15 is 0 Å². The summed E-state index contributed by atoms with van der Waals surface area (Å²) in [6, 6.07) is 6.42. The first-order valence-electron chi connectivity index (χ1n) is 5.41. The van der Waals surface area contributed by atoms with Gasteiger partial charge in [-0.2, -0.15) is 0 Å². The molecule has 0 saturated carbocycles. The van der Waals surface area contributed by atoms with Gasteiger partial charge in [-0.1, -0.05) is 28.1 Å². The highest BCUT2D eigenvalue weighted by Gasteiger charge is 2.17. The summed E-state index contributed by atoms with van der Waals surface area (Å²) in [5, 5.41) is 8.81. The maximum absolute atomic E-state index is 8.81. The molecule has 1 aromatic rings.